The molecule has 0 aromatic heterocycles. The number of rotatable bonds is 1. The number of phenols is 1. The minimum atomic E-state index is -0.915. The average Bonchev–Trinajstić information content (AvgIpc) is 2.98. The van der Waals surface area contributed by atoms with E-state index in [-0.39, 0.29) is 23.4 Å². The topological polar surface area (TPSA) is 66.8 Å². The molecule has 122 valence electrons. The van der Waals surface area contributed by atoms with E-state index in [1.165, 1.54) is 0 Å². The molecule has 1 aromatic rings. The number of carbonyl (C=O) groups excluding carboxylic acids is 1. The van der Waals surface area contributed by atoms with Gasteiger partial charge in [-0.05, 0) is 42.2 Å². The quantitative estimate of drug-likeness (QED) is 0.835. The van der Waals surface area contributed by atoms with Gasteiger partial charge in [0.1, 0.15) is 0 Å². The first-order valence-corrected chi connectivity index (χ1v) is 8.73. The molecule has 6 atom stereocenters. The lowest BCUT2D eigenvalue weighted by Crippen LogP contribution is -2.64. The summed E-state index contributed by atoms with van der Waals surface area (Å²) in [7, 11) is 0. The standard InChI is InChI=1S/C19H22O4/c1-3-12-11-8-10-4-5-13(20)16-15(10)19(12)17(23-16)14(21)6-7-18(19,22)9(11)2/h4-5,9,11-12,17,20,22H,3,6-8H2,1-2H3/t9-,11?,12?,17+,18-,19+/m1/s1. The molecule has 1 aliphatic heterocycles. The first-order chi connectivity index (χ1) is 11.0. The molecule has 3 aliphatic carbocycles. The predicted octanol–water partition coefficient (Wildman–Crippen LogP) is 2.33. The van der Waals surface area contributed by atoms with Gasteiger partial charge in [0.05, 0.1) is 11.0 Å². The second kappa shape index (κ2) is 3.92. The lowest BCUT2D eigenvalue weighted by atomic mass is 9.53. The van der Waals surface area contributed by atoms with Crippen molar-refractivity contribution in [3.63, 3.8) is 0 Å². The Bertz CT molecular complexity index is 741. The molecule has 4 aliphatic rings. The highest BCUT2D eigenvalue weighted by molar-refractivity contribution is 5.90. The van der Waals surface area contributed by atoms with E-state index in [0.29, 0.717) is 24.5 Å². The third kappa shape index (κ3) is 1.19. The molecule has 5 rings (SSSR count). The fourth-order valence-corrected chi connectivity index (χ4v) is 6.66. The summed E-state index contributed by atoms with van der Waals surface area (Å²) in [4.78, 5) is 12.7. The number of Topliss-reactive ketones (excluding diaryl/α,β-unsaturated/α-hetero) is 1. The van der Waals surface area contributed by atoms with Crippen molar-refractivity contribution < 1.29 is 19.7 Å². The number of ether oxygens (including phenoxy) is 1. The summed E-state index contributed by atoms with van der Waals surface area (Å²) < 4.78 is 6.05. The van der Waals surface area contributed by atoms with Gasteiger partial charge in [-0.25, -0.2) is 0 Å². The third-order valence-corrected chi connectivity index (χ3v) is 7.44. The minimum absolute atomic E-state index is 0.0735. The van der Waals surface area contributed by atoms with Crippen LogP contribution < -0.4 is 4.74 Å². The van der Waals surface area contributed by atoms with Crippen molar-refractivity contribution in [2.45, 2.75) is 56.7 Å². The van der Waals surface area contributed by atoms with Crippen LogP contribution >= 0.6 is 0 Å². The lowest BCUT2D eigenvalue weighted by Gasteiger charge is -2.50. The van der Waals surface area contributed by atoms with Crippen LogP contribution in [0, 0.1) is 17.8 Å². The van der Waals surface area contributed by atoms with E-state index < -0.39 is 17.1 Å². The molecule has 2 N–H and O–H groups in total. The normalized spacial score (nSPS) is 45.8. The Kier molecular flexibility index (Phi) is 2.36. The van der Waals surface area contributed by atoms with E-state index >= 15 is 0 Å². The largest absolute Gasteiger partial charge is 0.504 e. The van der Waals surface area contributed by atoms with E-state index in [4.69, 9.17) is 4.74 Å². The van der Waals surface area contributed by atoms with Gasteiger partial charge in [0, 0.05) is 12.0 Å². The summed E-state index contributed by atoms with van der Waals surface area (Å²) in [6, 6.07) is 3.63. The molecule has 2 saturated carbocycles. The number of hydrogen-bond donors (Lipinski definition) is 2. The van der Waals surface area contributed by atoms with Crippen LogP contribution in [0.25, 0.3) is 0 Å². The molecule has 0 saturated heterocycles. The summed E-state index contributed by atoms with van der Waals surface area (Å²) in [6.07, 6.45) is 2.05. The number of hydrogen-bond acceptors (Lipinski definition) is 4. The molecule has 2 unspecified atom stereocenters. The number of benzene rings is 1. The maximum absolute atomic E-state index is 12.7. The first-order valence-electron chi connectivity index (χ1n) is 8.73. The van der Waals surface area contributed by atoms with Gasteiger partial charge in [-0.3, -0.25) is 4.79 Å². The second-order valence-electron chi connectivity index (χ2n) is 7.88. The van der Waals surface area contributed by atoms with Crippen LogP contribution in [0.2, 0.25) is 0 Å². The summed E-state index contributed by atoms with van der Waals surface area (Å²) in [5.41, 5.74) is 0.502. The monoisotopic (exact) mass is 314 g/mol. The summed E-state index contributed by atoms with van der Waals surface area (Å²) >= 11 is 0. The van der Waals surface area contributed by atoms with E-state index in [0.717, 1.165) is 24.0 Å². The van der Waals surface area contributed by atoms with Crippen molar-refractivity contribution in [1.82, 2.24) is 0 Å². The summed E-state index contributed by atoms with van der Waals surface area (Å²) in [6.45, 7) is 4.28. The van der Waals surface area contributed by atoms with Crippen LogP contribution in [0.1, 0.15) is 44.2 Å². The van der Waals surface area contributed by atoms with Crippen molar-refractivity contribution in [2.24, 2.45) is 17.8 Å². The smallest absolute Gasteiger partial charge is 0.174 e. The Labute approximate surface area is 135 Å². The fraction of sp³-hybridized carbons (Fsp3) is 0.632. The number of phenolic OH excluding ortho intramolecular Hbond substituents is 1. The highest BCUT2D eigenvalue weighted by Gasteiger charge is 2.78. The minimum Gasteiger partial charge on any atom is -0.504 e. The van der Waals surface area contributed by atoms with Crippen molar-refractivity contribution in [1.29, 1.82) is 0 Å². The van der Waals surface area contributed by atoms with E-state index in [2.05, 4.69) is 13.8 Å². The van der Waals surface area contributed by atoms with Gasteiger partial charge in [0.2, 0.25) is 0 Å². The number of ketones is 1. The van der Waals surface area contributed by atoms with Gasteiger partial charge in [-0.1, -0.05) is 26.3 Å². The first kappa shape index (κ1) is 13.8. The number of fused-ring (bicyclic) bond motifs is 1. The predicted molar refractivity (Wildman–Crippen MR) is 83.5 cm³/mol. The van der Waals surface area contributed by atoms with Gasteiger partial charge < -0.3 is 14.9 Å². The molecule has 4 heteroatoms. The van der Waals surface area contributed by atoms with Gasteiger partial charge in [0.15, 0.2) is 23.4 Å². The van der Waals surface area contributed by atoms with Crippen LogP contribution in [0.4, 0.5) is 0 Å². The van der Waals surface area contributed by atoms with Crippen LogP contribution in [0.15, 0.2) is 12.1 Å². The molecule has 1 heterocycles. The highest BCUT2D eigenvalue weighted by Crippen LogP contribution is 2.72. The Morgan fingerprint density at radius 3 is 2.91 bits per heavy atom. The summed E-state index contributed by atoms with van der Waals surface area (Å²) in [5.74, 6) is 1.34. The van der Waals surface area contributed by atoms with Crippen molar-refractivity contribution in [2.75, 3.05) is 0 Å². The molecule has 0 radical (unpaired) electrons. The lowest BCUT2D eigenvalue weighted by molar-refractivity contribution is -0.153. The van der Waals surface area contributed by atoms with E-state index in [1.807, 2.05) is 6.07 Å². The van der Waals surface area contributed by atoms with E-state index in [1.54, 1.807) is 6.07 Å². The third-order valence-electron chi connectivity index (χ3n) is 7.44. The molecule has 2 bridgehead atoms. The molecule has 0 amide bonds. The highest BCUT2D eigenvalue weighted by atomic mass is 16.5. The Hall–Kier alpha value is -1.55. The van der Waals surface area contributed by atoms with Gasteiger partial charge in [-0.15, -0.1) is 0 Å². The van der Waals surface area contributed by atoms with Crippen LogP contribution in [0.3, 0.4) is 0 Å². The molecular weight excluding hydrogens is 292 g/mol. The van der Waals surface area contributed by atoms with Crippen molar-refractivity contribution in [3.8, 4) is 11.5 Å². The zero-order chi connectivity index (χ0) is 16.1. The Balaban J connectivity index is 1.92. The average molecular weight is 314 g/mol. The zero-order valence-electron chi connectivity index (χ0n) is 13.5. The maximum Gasteiger partial charge on any atom is 0.174 e. The summed E-state index contributed by atoms with van der Waals surface area (Å²) in [5, 5.41) is 22.1. The molecule has 2 fully saturated rings. The fourth-order valence-electron chi connectivity index (χ4n) is 6.66. The second-order valence-corrected chi connectivity index (χ2v) is 7.88. The Morgan fingerprint density at radius 1 is 1.39 bits per heavy atom. The van der Waals surface area contributed by atoms with Crippen LogP contribution in [-0.4, -0.2) is 27.7 Å². The molecular formula is C19H22O4. The van der Waals surface area contributed by atoms with Gasteiger partial charge in [-0.2, -0.15) is 0 Å². The number of aliphatic hydroxyl groups is 1. The SMILES string of the molecule is CCC1C2Cc3ccc(O)c4c3[C@]13[C@@H](O4)C(=O)CC[C@@]3(O)[C@@H]2C. The maximum atomic E-state index is 12.7. The number of aromatic hydroxyl groups is 1. The Morgan fingerprint density at radius 2 is 2.17 bits per heavy atom. The molecule has 1 aromatic carbocycles. The van der Waals surface area contributed by atoms with Crippen molar-refractivity contribution in [3.05, 3.63) is 23.3 Å². The van der Waals surface area contributed by atoms with E-state index in [9.17, 15) is 15.0 Å². The molecule has 4 nitrogen and oxygen atoms in total. The van der Waals surface area contributed by atoms with Crippen LogP contribution in [-0.2, 0) is 16.6 Å². The molecule has 1 spiro atoms. The van der Waals surface area contributed by atoms with Crippen LogP contribution in [0.5, 0.6) is 11.5 Å². The molecule has 23 heavy (non-hydrogen) atoms. The zero-order valence-corrected chi connectivity index (χ0v) is 13.5. The van der Waals surface area contributed by atoms with Crippen molar-refractivity contribution >= 4 is 5.78 Å². The van der Waals surface area contributed by atoms with Gasteiger partial charge in [0.25, 0.3) is 0 Å². The van der Waals surface area contributed by atoms with Gasteiger partial charge >= 0.3 is 0 Å². The number of carbonyl (C=O) groups is 1.